The average molecular weight is 329 g/mol. The second-order valence-electron chi connectivity index (χ2n) is 6.52. The van der Waals surface area contributed by atoms with Gasteiger partial charge in [0.15, 0.2) is 0 Å². The number of benzene rings is 1. The van der Waals surface area contributed by atoms with Gasteiger partial charge in [0.25, 0.3) is 0 Å². The standard InChI is InChI=1S/C18H23N3O3/c22-16-10-15(12-21(16)11-13-4-2-1-3-5-13)18(24)20-9-8-19-17(23)14-6-7-14/h1-5,14-15H,6-12H2,(H,19,23)(H,20,24)/t15-/m1/s1. The van der Waals surface area contributed by atoms with Crippen LogP contribution in [0.1, 0.15) is 24.8 Å². The molecule has 24 heavy (non-hydrogen) atoms. The van der Waals surface area contributed by atoms with E-state index < -0.39 is 0 Å². The summed E-state index contributed by atoms with van der Waals surface area (Å²) in [5.41, 5.74) is 1.06. The van der Waals surface area contributed by atoms with E-state index in [1.807, 2.05) is 30.3 Å². The topological polar surface area (TPSA) is 78.5 Å². The molecule has 2 N–H and O–H groups in total. The molecule has 0 spiro atoms. The van der Waals surface area contributed by atoms with Gasteiger partial charge in [-0.3, -0.25) is 14.4 Å². The maximum atomic E-state index is 12.2. The fourth-order valence-electron chi connectivity index (χ4n) is 2.91. The molecule has 1 saturated heterocycles. The van der Waals surface area contributed by atoms with E-state index in [0.717, 1.165) is 18.4 Å². The molecule has 1 heterocycles. The molecule has 128 valence electrons. The Morgan fingerprint density at radius 2 is 1.62 bits per heavy atom. The van der Waals surface area contributed by atoms with Crippen LogP contribution in [0.5, 0.6) is 0 Å². The maximum absolute atomic E-state index is 12.2. The van der Waals surface area contributed by atoms with Gasteiger partial charge in [-0.25, -0.2) is 0 Å². The van der Waals surface area contributed by atoms with Crippen LogP contribution < -0.4 is 10.6 Å². The van der Waals surface area contributed by atoms with Crippen LogP contribution in [-0.4, -0.2) is 42.3 Å². The molecular formula is C18H23N3O3. The Morgan fingerprint density at radius 1 is 1.00 bits per heavy atom. The van der Waals surface area contributed by atoms with E-state index in [4.69, 9.17) is 0 Å². The molecule has 2 fully saturated rings. The lowest BCUT2D eigenvalue weighted by Crippen LogP contribution is -2.38. The number of nitrogens with one attached hydrogen (secondary N) is 2. The number of rotatable bonds is 7. The smallest absolute Gasteiger partial charge is 0.225 e. The fraction of sp³-hybridized carbons (Fsp3) is 0.500. The first-order valence-electron chi connectivity index (χ1n) is 8.50. The zero-order valence-corrected chi connectivity index (χ0v) is 13.7. The van der Waals surface area contributed by atoms with Crippen LogP contribution in [0.25, 0.3) is 0 Å². The minimum Gasteiger partial charge on any atom is -0.354 e. The highest BCUT2D eigenvalue weighted by Gasteiger charge is 2.34. The quantitative estimate of drug-likeness (QED) is 0.722. The summed E-state index contributed by atoms with van der Waals surface area (Å²) >= 11 is 0. The lowest BCUT2D eigenvalue weighted by molar-refractivity contribution is -0.129. The predicted molar refractivity (Wildman–Crippen MR) is 88.7 cm³/mol. The van der Waals surface area contributed by atoms with Crippen LogP contribution in [0, 0.1) is 11.8 Å². The fourth-order valence-corrected chi connectivity index (χ4v) is 2.91. The molecule has 1 aliphatic carbocycles. The number of nitrogens with zero attached hydrogens (tertiary/aromatic N) is 1. The molecule has 3 amide bonds. The molecule has 1 saturated carbocycles. The Kier molecular flexibility index (Phi) is 5.13. The van der Waals surface area contributed by atoms with Gasteiger partial charge in [0.1, 0.15) is 0 Å². The first-order valence-corrected chi connectivity index (χ1v) is 8.50. The summed E-state index contributed by atoms with van der Waals surface area (Å²) < 4.78 is 0. The molecule has 2 aliphatic rings. The van der Waals surface area contributed by atoms with E-state index in [2.05, 4.69) is 10.6 Å². The normalized spacial score (nSPS) is 20.1. The maximum Gasteiger partial charge on any atom is 0.225 e. The highest BCUT2D eigenvalue weighted by atomic mass is 16.2. The summed E-state index contributed by atoms with van der Waals surface area (Å²) in [4.78, 5) is 37.5. The van der Waals surface area contributed by atoms with Crippen LogP contribution >= 0.6 is 0 Å². The Hall–Kier alpha value is -2.37. The van der Waals surface area contributed by atoms with Crippen molar-refractivity contribution in [3.05, 3.63) is 35.9 Å². The summed E-state index contributed by atoms with van der Waals surface area (Å²) in [6.07, 6.45) is 2.20. The molecule has 1 aliphatic heterocycles. The van der Waals surface area contributed by atoms with Crippen molar-refractivity contribution in [3.63, 3.8) is 0 Å². The summed E-state index contributed by atoms with van der Waals surface area (Å²) in [7, 11) is 0. The molecule has 1 atom stereocenters. The predicted octanol–water partition coefficient (Wildman–Crippen LogP) is 0.677. The van der Waals surface area contributed by atoms with Crippen molar-refractivity contribution in [3.8, 4) is 0 Å². The molecule has 3 rings (SSSR count). The van der Waals surface area contributed by atoms with Gasteiger partial charge in [0.2, 0.25) is 17.7 Å². The molecule has 6 nitrogen and oxygen atoms in total. The van der Waals surface area contributed by atoms with Gasteiger partial charge in [0, 0.05) is 38.5 Å². The molecule has 0 bridgehead atoms. The zero-order chi connectivity index (χ0) is 16.9. The SMILES string of the molecule is O=C(NCCNC(=O)[C@@H]1CC(=O)N(Cc2ccccc2)C1)C1CC1. The summed E-state index contributed by atoms with van der Waals surface area (Å²) in [6, 6.07) is 9.77. The number of likely N-dealkylation sites (tertiary alicyclic amines) is 1. The second kappa shape index (κ2) is 7.47. The van der Waals surface area contributed by atoms with Crippen molar-refractivity contribution >= 4 is 17.7 Å². The Balaban J connectivity index is 1.39. The van der Waals surface area contributed by atoms with Crippen molar-refractivity contribution in [2.75, 3.05) is 19.6 Å². The minimum absolute atomic E-state index is 0.0149. The molecule has 1 aromatic carbocycles. The third-order valence-corrected chi connectivity index (χ3v) is 4.47. The number of carbonyl (C=O) groups excluding carboxylic acids is 3. The molecule has 6 heteroatoms. The van der Waals surface area contributed by atoms with Crippen LogP contribution in [0.4, 0.5) is 0 Å². The Bertz CT molecular complexity index is 613. The number of hydrogen-bond acceptors (Lipinski definition) is 3. The van der Waals surface area contributed by atoms with Gasteiger partial charge < -0.3 is 15.5 Å². The van der Waals surface area contributed by atoms with Crippen molar-refractivity contribution in [1.29, 1.82) is 0 Å². The third kappa shape index (κ3) is 4.34. The van der Waals surface area contributed by atoms with Crippen LogP contribution in [-0.2, 0) is 20.9 Å². The lowest BCUT2D eigenvalue weighted by atomic mass is 10.1. The molecule has 0 aromatic heterocycles. The molecule has 0 radical (unpaired) electrons. The van der Waals surface area contributed by atoms with Gasteiger partial charge in [-0.15, -0.1) is 0 Å². The number of carbonyl (C=O) groups is 3. The zero-order valence-electron chi connectivity index (χ0n) is 13.7. The van der Waals surface area contributed by atoms with Gasteiger partial charge in [-0.1, -0.05) is 30.3 Å². The average Bonchev–Trinajstić information content (AvgIpc) is 3.37. The highest BCUT2D eigenvalue weighted by molar-refractivity contribution is 5.89. The van der Waals surface area contributed by atoms with E-state index in [1.54, 1.807) is 4.90 Å². The minimum atomic E-state index is -0.305. The number of amides is 3. The van der Waals surface area contributed by atoms with Gasteiger partial charge in [-0.2, -0.15) is 0 Å². The lowest BCUT2D eigenvalue weighted by Gasteiger charge is -2.16. The molecular weight excluding hydrogens is 306 g/mol. The highest BCUT2D eigenvalue weighted by Crippen LogP contribution is 2.28. The molecule has 0 unspecified atom stereocenters. The summed E-state index contributed by atoms with van der Waals surface area (Å²) in [6.45, 7) is 1.84. The van der Waals surface area contributed by atoms with E-state index in [-0.39, 0.29) is 36.0 Å². The first kappa shape index (κ1) is 16.5. The van der Waals surface area contributed by atoms with Gasteiger partial charge >= 0.3 is 0 Å². The van der Waals surface area contributed by atoms with Crippen molar-refractivity contribution in [2.24, 2.45) is 11.8 Å². The van der Waals surface area contributed by atoms with Gasteiger partial charge in [-0.05, 0) is 18.4 Å². The van der Waals surface area contributed by atoms with Gasteiger partial charge in [0.05, 0.1) is 5.92 Å². The van der Waals surface area contributed by atoms with Crippen LogP contribution in [0.2, 0.25) is 0 Å². The third-order valence-electron chi connectivity index (χ3n) is 4.47. The van der Waals surface area contributed by atoms with E-state index in [0.29, 0.717) is 26.2 Å². The summed E-state index contributed by atoms with van der Waals surface area (Å²) in [5.74, 6) is -0.144. The summed E-state index contributed by atoms with van der Waals surface area (Å²) in [5, 5.41) is 5.62. The monoisotopic (exact) mass is 329 g/mol. The Morgan fingerprint density at radius 3 is 2.25 bits per heavy atom. The van der Waals surface area contributed by atoms with E-state index in [1.165, 1.54) is 0 Å². The first-order chi connectivity index (χ1) is 11.6. The van der Waals surface area contributed by atoms with Crippen molar-refractivity contribution < 1.29 is 14.4 Å². The number of hydrogen-bond donors (Lipinski definition) is 2. The largest absolute Gasteiger partial charge is 0.354 e. The van der Waals surface area contributed by atoms with E-state index in [9.17, 15) is 14.4 Å². The second-order valence-corrected chi connectivity index (χ2v) is 6.52. The van der Waals surface area contributed by atoms with E-state index >= 15 is 0 Å². The molecule has 1 aromatic rings. The van der Waals surface area contributed by atoms with Crippen molar-refractivity contribution in [1.82, 2.24) is 15.5 Å². The Labute approximate surface area is 141 Å². The van der Waals surface area contributed by atoms with Crippen LogP contribution in [0.15, 0.2) is 30.3 Å². The van der Waals surface area contributed by atoms with Crippen LogP contribution in [0.3, 0.4) is 0 Å². The van der Waals surface area contributed by atoms with Crippen molar-refractivity contribution in [2.45, 2.75) is 25.8 Å².